The van der Waals surface area contributed by atoms with Gasteiger partial charge in [0.05, 0.1) is 0 Å². The van der Waals surface area contributed by atoms with Crippen molar-refractivity contribution in [2.45, 2.75) is 25.7 Å². The zero-order chi connectivity index (χ0) is 11.4. The molecule has 1 heterocycles. The fourth-order valence-corrected chi connectivity index (χ4v) is 2.99. The van der Waals surface area contributed by atoms with Gasteiger partial charge in [-0.3, -0.25) is 0 Å². The van der Waals surface area contributed by atoms with Crippen LogP contribution in [0.1, 0.15) is 31.2 Å². The maximum atomic E-state index is 3.30. The molecule has 0 saturated carbocycles. The van der Waals surface area contributed by atoms with Gasteiger partial charge in [0.1, 0.15) is 0 Å². The third kappa shape index (κ3) is 2.45. The molecule has 0 fully saturated rings. The van der Waals surface area contributed by atoms with Gasteiger partial charge in [0.2, 0.25) is 0 Å². The molecule has 1 unspecified atom stereocenters. The highest BCUT2D eigenvalue weighted by molar-refractivity contribution is 7.17. The van der Waals surface area contributed by atoms with Crippen molar-refractivity contribution in [3.8, 4) is 0 Å². The van der Waals surface area contributed by atoms with Crippen LogP contribution in [0.4, 0.5) is 0 Å². The van der Waals surface area contributed by atoms with Crippen molar-refractivity contribution >= 4 is 21.4 Å². The van der Waals surface area contributed by atoms with E-state index < -0.39 is 0 Å². The van der Waals surface area contributed by atoms with Crippen LogP contribution in [0.3, 0.4) is 0 Å². The predicted molar refractivity (Wildman–Crippen MR) is 73.4 cm³/mol. The third-order valence-electron chi connectivity index (χ3n) is 3.04. The minimum atomic E-state index is 0.652. The Bertz CT molecular complexity index is 441. The molecule has 0 aliphatic heterocycles. The maximum Gasteiger partial charge on any atom is 0.0342 e. The van der Waals surface area contributed by atoms with E-state index >= 15 is 0 Å². The standard InChI is InChI=1S/C14H19NS/c1-3-4-13(10-15-2)11-5-6-14-12(9-11)7-8-16-14/h5-9,13,15H,3-4,10H2,1-2H3. The van der Waals surface area contributed by atoms with E-state index in [1.54, 1.807) is 0 Å². The number of benzene rings is 1. The number of rotatable bonds is 5. The summed E-state index contributed by atoms with van der Waals surface area (Å²) in [5, 5.41) is 6.85. The zero-order valence-electron chi connectivity index (χ0n) is 9.99. The highest BCUT2D eigenvalue weighted by atomic mass is 32.1. The van der Waals surface area contributed by atoms with E-state index in [-0.39, 0.29) is 0 Å². The zero-order valence-corrected chi connectivity index (χ0v) is 10.8. The summed E-state index contributed by atoms with van der Waals surface area (Å²) in [6.45, 7) is 3.33. The quantitative estimate of drug-likeness (QED) is 0.823. The summed E-state index contributed by atoms with van der Waals surface area (Å²) >= 11 is 1.82. The molecular weight excluding hydrogens is 214 g/mol. The average molecular weight is 233 g/mol. The van der Waals surface area contributed by atoms with Crippen LogP contribution in [0.5, 0.6) is 0 Å². The molecule has 1 aromatic heterocycles. The topological polar surface area (TPSA) is 12.0 Å². The number of fused-ring (bicyclic) bond motifs is 1. The van der Waals surface area contributed by atoms with Crippen LogP contribution in [-0.4, -0.2) is 13.6 Å². The van der Waals surface area contributed by atoms with E-state index in [4.69, 9.17) is 0 Å². The molecule has 1 N–H and O–H groups in total. The van der Waals surface area contributed by atoms with Crippen LogP contribution in [0.2, 0.25) is 0 Å². The number of nitrogens with one attached hydrogen (secondary N) is 1. The Morgan fingerprint density at radius 2 is 2.19 bits per heavy atom. The molecule has 0 amide bonds. The summed E-state index contributed by atoms with van der Waals surface area (Å²) in [6.07, 6.45) is 2.50. The van der Waals surface area contributed by atoms with Gasteiger partial charge in [-0.05, 0) is 53.9 Å². The van der Waals surface area contributed by atoms with Gasteiger partial charge >= 0.3 is 0 Å². The van der Waals surface area contributed by atoms with E-state index in [1.165, 1.54) is 28.5 Å². The average Bonchev–Trinajstić information content (AvgIpc) is 2.75. The van der Waals surface area contributed by atoms with E-state index in [2.05, 4.69) is 41.9 Å². The molecule has 16 heavy (non-hydrogen) atoms. The molecule has 86 valence electrons. The molecule has 0 aliphatic carbocycles. The fourth-order valence-electron chi connectivity index (χ4n) is 2.22. The minimum absolute atomic E-state index is 0.652. The second-order valence-electron chi connectivity index (χ2n) is 4.26. The number of likely N-dealkylation sites (N-methyl/N-ethyl adjacent to an activating group) is 1. The predicted octanol–water partition coefficient (Wildman–Crippen LogP) is 4.00. The maximum absolute atomic E-state index is 3.30. The Morgan fingerprint density at radius 3 is 2.94 bits per heavy atom. The van der Waals surface area contributed by atoms with Gasteiger partial charge in [-0.1, -0.05) is 19.4 Å². The molecule has 0 saturated heterocycles. The summed E-state index contributed by atoms with van der Waals surface area (Å²) in [7, 11) is 2.03. The van der Waals surface area contributed by atoms with Crippen LogP contribution >= 0.6 is 11.3 Å². The fraction of sp³-hybridized carbons (Fsp3) is 0.429. The second kappa shape index (κ2) is 5.46. The van der Waals surface area contributed by atoms with E-state index in [0.29, 0.717) is 5.92 Å². The highest BCUT2D eigenvalue weighted by Crippen LogP contribution is 2.27. The number of hydrogen-bond donors (Lipinski definition) is 1. The Kier molecular flexibility index (Phi) is 3.97. The second-order valence-corrected chi connectivity index (χ2v) is 5.21. The molecule has 2 aromatic rings. The first kappa shape index (κ1) is 11.6. The van der Waals surface area contributed by atoms with Crippen molar-refractivity contribution < 1.29 is 0 Å². The monoisotopic (exact) mass is 233 g/mol. The van der Waals surface area contributed by atoms with Crippen molar-refractivity contribution in [3.05, 3.63) is 35.2 Å². The molecule has 0 spiro atoms. The summed E-state index contributed by atoms with van der Waals surface area (Å²) in [5.41, 5.74) is 1.47. The Hall–Kier alpha value is -0.860. The van der Waals surface area contributed by atoms with Gasteiger partial charge < -0.3 is 5.32 Å². The smallest absolute Gasteiger partial charge is 0.0342 e. The van der Waals surface area contributed by atoms with Crippen molar-refractivity contribution in [1.29, 1.82) is 0 Å². The lowest BCUT2D eigenvalue weighted by Gasteiger charge is -2.16. The molecule has 1 atom stereocenters. The largest absolute Gasteiger partial charge is 0.319 e. The number of thiophene rings is 1. The van der Waals surface area contributed by atoms with Crippen molar-refractivity contribution in [1.82, 2.24) is 5.32 Å². The summed E-state index contributed by atoms with van der Waals surface area (Å²) < 4.78 is 1.39. The molecule has 0 radical (unpaired) electrons. The first-order valence-electron chi connectivity index (χ1n) is 5.97. The van der Waals surface area contributed by atoms with Crippen molar-refractivity contribution in [2.75, 3.05) is 13.6 Å². The van der Waals surface area contributed by atoms with Gasteiger partial charge in [0.15, 0.2) is 0 Å². The third-order valence-corrected chi connectivity index (χ3v) is 3.93. The Labute approximate surface area is 101 Å². The molecule has 0 bridgehead atoms. The van der Waals surface area contributed by atoms with Crippen molar-refractivity contribution in [3.63, 3.8) is 0 Å². The van der Waals surface area contributed by atoms with Crippen LogP contribution in [0, 0.1) is 0 Å². The van der Waals surface area contributed by atoms with Crippen LogP contribution in [-0.2, 0) is 0 Å². The van der Waals surface area contributed by atoms with Crippen LogP contribution in [0.15, 0.2) is 29.6 Å². The molecule has 1 nitrogen and oxygen atoms in total. The summed E-state index contributed by atoms with van der Waals surface area (Å²) in [4.78, 5) is 0. The molecular formula is C14H19NS. The van der Waals surface area contributed by atoms with Gasteiger partial charge in [-0.2, -0.15) is 0 Å². The Morgan fingerprint density at radius 1 is 1.31 bits per heavy atom. The normalized spacial score (nSPS) is 13.1. The summed E-state index contributed by atoms with van der Waals surface area (Å²) in [5.74, 6) is 0.652. The van der Waals surface area contributed by atoms with Crippen molar-refractivity contribution in [2.24, 2.45) is 0 Å². The molecule has 0 aliphatic rings. The lowest BCUT2D eigenvalue weighted by molar-refractivity contribution is 0.576. The number of hydrogen-bond acceptors (Lipinski definition) is 2. The first-order valence-corrected chi connectivity index (χ1v) is 6.85. The lowest BCUT2D eigenvalue weighted by Crippen LogP contribution is -2.17. The molecule has 2 rings (SSSR count). The van der Waals surface area contributed by atoms with E-state index in [0.717, 1.165) is 6.54 Å². The molecule has 1 aromatic carbocycles. The van der Waals surface area contributed by atoms with E-state index in [9.17, 15) is 0 Å². The minimum Gasteiger partial charge on any atom is -0.319 e. The van der Waals surface area contributed by atoms with Gasteiger partial charge in [-0.25, -0.2) is 0 Å². The van der Waals surface area contributed by atoms with Crippen LogP contribution < -0.4 is 5.32 Å². The molecule has 2 heteroatoms. The van der Waals surface area contributed by atoms with Gasteiger partial charge in [0, 0.05) is 11.2 Å². The van der Waals surface area contributed by atoms with E-state index in [1.807, 2.05) is 18.4 Å². The Balaban J connectivity index is 2.28. The SMILES string of the molecule is CCCC(CNC)c1ccc2sccc2c1. The van der Waals surface area contributed by atoms with Gasteiger partial charge in [-0.15, -0.1) is 11.3 Å². The highest BCUT2D eigenvalue weighted by Gasteiger charge is 2.10. The first-order chi connectivity index (χ1) is 7.85. The van der Waals surface area contributed by atoms with Crippen LogP contribution in [0.25, 0.3) is 10.1 Å². The summed E-state index contributed by atoms with van der Waals surface area (Å²) in [6, 6.07) is 9.11. The lowest BCUT2D eigenvalue weighted by atomic mass is 9.94. The van der Waals surface area contributed by atoms with Gasteiger partial charge in [0.25, 0.3) is 0 Å².